The molecule has 0 aliphatic rings. The molecular formula is C23H44O4. The first kappa shape index (κ1) is 25.9. The number of hydrogen-bond acceptors (Lipinski definition) is 3. The van der Waals surface area contributed by atoms with Gasteiger partial charge in [-0.3, -0.25) is 9.59 Å². The minimum atomic E-state index is -0.713. The lowest BCUT2D eigenvalue weighted by Crippen LogP contribution is -2.05. The van der Waals surface area contributed by atoms with E-state index in [9.17, 15) is 9.59 Å². The topological polar surface area (TPSA) is 63.6 Å². The Morgan fingerprint density at radius 2 is 1.11 bits per heavy atom. The zero-order chi connectivity index (χ0) is 20.2. The van der Waals surface area contributed by atoms with Crippen LogP contribution in [0.5, 0.6) is 0 Å². The highest BCUT2D eigenvalue weighted by Gasteiger charge is 2.03. The minimum absolute atomic E-state index is 0.0639. The average molecular weight is 385 g/mol. The fraction of sp³-hybridized carbons (Fsp3) is 0.913. The number of carboxylic acid groups (broad SMARTS) is 1. The van der Waals surface area contributed by atoms with E-state index in [4.69, 9.17) is 9.84 Å². The highest BCUT2D eigenvalue weighted by Crippen LogP contribution is 2.13. The molecule has 0 fully saturated rings. The third-order valence-corrected chi connectivity index (χ3v) is 4.96. The van der Waals surface area contributed by atoms with Crippen LogP contribution in [0.2, 0.25) is 0 Å². The summed E-state index contributed by atoms with van der Waals surface area (Å²) in [6.45, 7) is 5.16. The predicted molar refractivity (Wildman–Crippen MR) is 112 cm³/mol. The van der Waals surface area contributed by atoms with Crippen molar-refractivity contribution >= 4 is 11.9 Å². The van der Waals surface area contributed by atoms with Crippen LogP contribution in [0.3, 0.4) is 0 Å². The van der Waals surface area contributed by atoms with E-state index in [-0.39, 0.29) is 12.4 Å². The minimum Gasteiger partial charge on any atom is -0.481 e. The second kappa shape index (κ2) is 19.7. The van der Waals surface area contributed by atoms with E-state index >= 15 is 0 Å². The van der Waals surface area contributed by atoms with Gasteiger partial charge >= 0.3 is 11.9 Å². The van der Waals surface area contributed by atoms with Crippen molar-refractivity contribution in [2.45, 2.75) is 123 Å². The lowest BCUT2D eigenvalue weighted by atomic mass is 10.0. The number of carbonyl (C=O) groups excluding carboxylic acids is 1. The van der Waals surface area contributed by atoms with E-state index in [0.29, 0.717) is 13.0 Å². The number of carbonyl (C=O) groups is 2. The van der Waals surface area contributed by atoms with Gasteiger partial charge in [-0.2, -0.15) is 0 Å². The molecule has 0 aliphatic heterocycles. The summed E-state index contributed by atoms with van der Waals surface area (Å²) in [5, 5.41) is 8.55. The molecule has 0 heterocycles. The first-order valence-corrected chi connectivity index (χ1v) is 11.4. The molecule has 0 amide bonds. The maximum atomic E-state index is 11.6. The summed E-state index contributed by atoms with van der Waals surface area (Å²) in [6, 6.07) is 0. The Morgan fingerprint density at radius 1 is 0.667 bits per heavy atom. The molecule has 0 spiro atoms. The monoisotopic (exact) mass is 384 g/mol. The lowest BCUT2D eigenvalue weighted by Gasteiger charge is -2.06. The molecule has 1 N–H and O–H groups in total. The first-order chi connectivity index (χ1) is 13.0. The quantitative estimate of drug-likeness (QED) is 0.183. The number of carboxylic acids is 1. The molecule has 0 rings (SSSR count). The van der Waals surface area contributed by atoms with Crippen LogP contribution in [0.4, 0.5) is 0 Å². The summed E-state index contributed by atoms with van der Waals surface area (Å²) in [6.07, 6.45) is 18.1. The summed E-state index contributed by atoms with van der Waals surface area (Å²) in [7, 11) is 0. The third kappa shape index (κ3) is 22.9. The Morgan fingerprint density at radius 3 is 1.63 bits per heavy atom. The van der Waals surface area contributed by atoms with Gasteiger partial charge in [0.1, 0.15) is 0 Å². The molecule has 0 radical (unpaired) electrons. The van der Waals surface area contributed by atoms with E-state index in [1.807, 2.05) is 0 Å². The third-order valence-electron chi connectivity index (χ3n) is 4.96. The number of hydrogen-bond donors (Lipinski definition) is 1. The van der Waals surface area contributed by atoms with E-state index in [2.05, 4.69) is 13.8 Å². The molecule has 160 valence electrons. The molecule has 0 aromatic carbocycles. The van der Waals surface area contributed by atoms with E-state index in [1.165, 1.54) is 44.9 Å². The van der Waals surface area contributed by atoms with Crippen molar-refractivity contribution in [3.63, 3.8) is 0 Å². The number of ether oxygens (including phenoxy) is 1. The SMILES string of the molecule is CC(C)CCCCCCCCCCOC(=O)CCCCCCCCC(=O)O. The van der Waals surface area contributed by atoms with Crippen molar-refractivity contribution in [3.8, 4) is 0 Å². The van der Waals surface area contributed by atoms with Crippen LogP contribution in [0.15, 0.2) is 0 Å². The van der Waals surface area contributed by atoms with Crippen LogP contribution in [0, 0.1) is 5.92 Å². The molecule has 4 nitrogen and oxygen atoms in total. The highest BCUT2D eigenvalue weighted by atomic mass is 16.5. The van der Waals surface area contributed by atoms with Gasteiger partial charge in [0.2, 0.25) is 0 Å². The number of aliphatic carboxylic acids is 1. The Hall–Kier alpha value is -1.06. The molecule has 0 aromatic heterocycles. The Balaban J connectivity index is 3.18. The number of unbranched alkanes of at least 4 members (excludes halogenated alkanes) is 12. The van der Waals surface area contributed by atoms with Gasteiger partial charge in [-0.05, 0) is 25.2 Å². The molecule has 0 aliphatic carbocycles. The van der Waals surface area contributed by atoms with Crippen molar-refractivity contribution in [2.24, 2.45) is 5.92 Å². The van der Waals surface area contributed by atoms with Gasteiger partial charge in [0.05, 0.1) is 6.61 Å². The molecule has 4 heteroatoms. The van der Waals surface area contributed by atoms with Gasteiger partial charge < -0.3 is 9.84 Å². The Labute approximate surface area is 167 Å². The van der Waals surface area contributed by atoms with Crippen molar-refractivity contribution in [2.75, 3.05) is 6.61 Å². The summed E-state index contributed by atoms with van der Waals surface area (Å²) in [5.74, 6) is 0.0593. The zero-order valence-corrected chi connectivity index (χ0v) is 18.0. The van der Waals surface area contributed by atoms with Crippen molar-refractivity contribution in [1.82, 2.24) is 0 Å². The average Bonchev–Trinajstić information content (AvgIpc) is 2.61. The van der Waals surface area contributed by atoms with Gasteiger partial charge in [-0.25, -0.2) is 0 Å². The predicted octanol–water partition coefficient (Wildman–Crippen LogP) is 6.90. The van der Waals surface area contributed by atoms with Crippen LogP contribution < -0.4 is 0 Å². The first-order valence-electron chi connectivity index (χ1n) is 11.4. The molecule has 0 unspecified atom stereocenters. The van der Waals surface area contributed by atoms with Crippen LogP contribution in [-0.4, -0.2) is 23.7 Å². The van der Waals surface area contributed by atoms with Crippen molar-refractivity contribution in [3.05, 3.63) is 0 Å². The van der Waals surface area contributed by atoms with E-state index in [0.717, 1.165) is 57.3 Å². The van der Waals surface area contributed by atoms with E-state index in [1.54, 1.807) is 0 Å². The van der Waals surface area contributed by atoms with Gasteiger partial charge in [0, 0.05) is 12.8 Å². The molecule has 0 atom stereocenters. The highest BCUT2D eigenvalue weighted by molar-refractivity contribution is 5.69. The number of esters is 1. The zero-order valence-electron chi connectivity index (χ0n) is 18.0. The fourth-order valence-corrected chi connectivity index (χ4v) is 3.23. The van der Waals surface area contributed by atoms with Crippen molar-refractivity contribution < 1.29 is 19.4 Å². The maximum absolute atomic E-state index is 11.6. The lowest BCUT2D eigenvalue weighted by molar-refractivity contribution is -0.144. The van der Waals surface area contributed by atoms with E-state index < -0.39 is 5.97 Å². The molecule has 0 saturated carbocycles. The molecule has 0 aromatic rings. The standard InChI is InChI=1S/C23H44O4/c1-21(2)17-13-9-5-3-4-8-12-16-20-27-23(26)19-15-11-7-6-10-14-18-22(24)25/h21H,3-20H2,1-2H3,(H,24,25). The van der Waals surface area contributed by atoms with Crippen LogP contribution in [0.25, 0.3) is 0 Å². The normalized spacial score (nSPS) is 11.1. The Kier molecular flexibility index (Phi) is 18.9. The van der Waals surface area contributed by atoms with Gasteiger partial charge in [0.25, 0.3) is 0 Å². The van der Waals surface area contributed by atoms with Crippen LogP contribution in [-0.2, 0) is 14.3 Å². The molecule has 27 heavy (non-hydrogen) atoms. The second-order valence-corrected chi connectivity index (χ2v) is 8.25. The largest absolute Gasteiger partial charge is 0.481 e. The fourth-order valence-electron chi connectivity index (χ4n) is 3.23. The maximum Gasteiger partial charge on any atom is 0.305 e. The smallest absolute Gasteiger partial charge is 0.305 e. The summed E-state index contributed by atoms with van der Waals surface area (Å²) < 4.78 is 5.29. The summed E-state index contributed by atoms with van der Waals surface area (Å²) in [5.41, 5.74) is 0. The molecule has 0 saturated heterocycles. The van der Waals surface area contributed by atoms with Crippen LogP contribution >= 0.6 is 0 Å². The second-order valence-electron chi connectivity index (χ2n) is 8.25. The van der Waals surface area contributed by atoms with Gasteiger partial charge in [0.15, 0.2) is 0 Å². The summed E-state index contributed by atoms with van der Waals surface area (Å²) >= 11 is 0. The van der Waals surface area contributed by atoms with Gasteiger partial charge in [-0.15, -0.1) is 0 Å². The molecular weight excluding hydrogens is 340 g/mol. The number of rotatable bonds is 20. The Bertz CT molecular complexity index is 352. The summed E-state index contributed by atoms with van der Waals surface area (Å²) in [4.78, 5) is 22.0. The van der Waals surface area contributed by atoms with Gasteiger partial charge in [-0.1, -0.05) is 90.9 Å². The van der Waals surface area contributed by atoms with Crippen molar-refractivity contribution in [1.29, 1.82) is 0 Å². The molecule has 0 bridgehead atoms. The van der Waals surface area contributed by atoms with Crippen LogP contribution in [0.1, 0.15) is 123 Å².